The summed E-state index contributed by atoms with van der Waals surface area (Å²) in [5.41, 5.74) is 2.79. The third-order valence-corrected chi connectivity index (χ3v) is 2.63. The van der Waals surface area contributed by atoms with Crippen molar-refractivity contribution >= 4 is 0 Å². The number of aryl methyl sites for hydroxylation is 1. The molecule has 0 radical (unpaired) electrons. The molecular weight excluding hydrogens is 196 g/mol. The Kier molecular flexibility index (Phi) is 4.90. The van der Waals surface area contributed by atoms with E-state index in [0.717, 1.165) is 6.42 Å². The van der Waals surface area contributed by atoms with Crippen LogP contribution in [0.25, 0.3) is 0 Å². The molecule has 1 atom stereocenters. The van der Waals surface area contributed by atoms with Gasteiger partial charge >= 0.3 is 0 Å². The third-order valence-electron chi connectivity index (χ3n) is 2.63. The SMILES string of the molecule is CC.CC(Cc1cc[nH]c1)c1ccn(C)c1. The number of rotatable bonds is 3. The molecule has 0 spiro atoms. The Morgan fingerprint density at radius 3 is 2.56 bits per heavy atom. The van der Waals surface area contributed by atoms with Crippen molar-refractivity contribution in [3.05, 3.63) is 48.0 Å². The molecular formula is C14H22N2. The Morgan fingerprint density at radius 1 is 1.31 bits per heavy atom. The average molecular weight is 218 g/mol. The number of nitrogens with one attached hydrogen (secondary N) is 1. The van der Waals surface area contributed by atoms with Crippen molar-refractivity contribution in [2.45, 2.75) is 33.1 Å². The highest BCUT2D eigenvalue weighted by Gasteiger charge is 2.07. The van der Waals surface area contributed by atoms with Gasteiger partial charge in [0.05, 0.1) is 0 Å². The molecule has 88 valence electrons. The first-order valence-electron chi connectivity index (χ1n) is 5.99. The molecule has 2 rings (SSSR count). The normalized spacial score (nSPS) is 11.8. The minimum absolute atomic E-state index is 0.590. The molecule has 0 fully saturated rings. The van der Waals surface area contributed by atoms with E-state index >= 15 is 0 Å². The maximum Gasteiger partial charge on any atom is 0.0106 e. The largest absolute Gasteiger partial charge is 0.367 e. The van der Waals surface area contributed by atoms with E-state index in [2.05, 4.69) is 54.2 Å². The Balaban J connectivity index is 0.000000606. The Labute approximate surface area is 98.3 Å². The molecule has 2 heterocycles. The molecule has 0 amide bonds. The van der Waals surface area contributed by atoms with Crippen molar-refractivity contribution < 1.29 is 0 Å². The molecule has 0 saturated heterocycles. The van der Waals surface area contributed by atoms with Gasteiger partial charge in [-0.3, -0.25) is 0 Å². The molecule has 1 unspecified atom stereocenters. The lowest BCUT2D eigenvalue weighted by atomic mass is 9.97. The van der Waals surface area contributed by atoms with Gasteiger partial charge in [-0.2, -0.15) is 0 Å². The van der Waals surface area contributed by atoms with Gasteiger partial charge in [0.15, 0.2) is 0 Å². The number of H-pyrrole nitrogens is 1. The van der Waals surface area contributed by atoms with Crippen LogP contribution < -0.4 is 0 Å². The monoisotopic (exact) mass is 218 g/mol. The average Bonchev–Trinajstić information content (AvgIpc) is 2.92. The van der Waals surface area contributed by atoms with Crippen LogP contribution in [-0.4, -0.2) is 9.55 Å². The lowest BCUT2D eigenvalue weighted by Crippen LogP contribution is -1.96. The van der Waals surface area contributed by atoms with Crippen molar-refractivity contribution in [3.63, 3.8) is 0 Å². The zero-order valence-corrected chi connectivity index (χ0v) is 10.7. The van der Waals surface area contributed by atoms with Crippen molar-refractivity contribution in [1.29, 1.82) is 0 Å². The first-order chi connectivity index (χ1) is 7.75. The van der Waals surface area contributed by atoms with Crippen LogP contribution in [0.4, 0.5) is 0 Å². The van der Waals surface area contributed by atoms with Gasteiger partial charge in [0.25, 0.3) is 0 Å². The quantitative estimate of drug-likeness (QED) is 0.810. The van der Waals surface area contributed by atoms with Gasteiger partial charge in [0.1, 0.15) is 0 Å². The molecule has 0 aliphatic rings. The van der Waals surface area contributed by atoms with Crippen LogP contribution in [0.3, 0.4) is 0 Å². The summed E-state index contributed by atoms with van der Waals surface area (Å²) < 4.78 is 2.10. The second-order valence-corrected chi connectivity index (χ2v) is 3.93. The van der Waals surface area contributed by atoms with Crippen molar-refractivity contribution in [3.8, 4) is 0 Å². The molecule has 2 aromatic heterocycles. The van der Waals surface area contributed by atoms with E-state index in [4.69, 9.17) is 0 Å². The molecule has 16 heavy (non-hydrogen) atoms. The van der Waals surface area contributed by atoms with Crippen molar-refractivity contribution in [2.75, 3.05) is 0 Å². The Bertz CT molecular complexity index is 385. The van der Waals surface area contributed by atoms with Crippen LogP contribution in [0.2, 0.25) is 0 Å². The highest BCUT2D eigenvalue weighted by Crippen LogP contribution is 2.19. The van der Waals surface area contributed by atoms with E-state index in [0.29, 0.717) is 5.92 Å². The van der Waals surface area contributed by atoms with Crippen LogP contribution in [0.5, 0.6) is 0 Å². The minimum Gasteiger partial charge on any atom is -0.367 e. The minimum atomic E-state index is 0.590. The van der Waals surface area contributed by atoms with E-state index in [9.17, 15) is 0 Å². The van der Waals surface area contributed by atoms with Crippen molar-refractivity contribution in [2.24, 2.45) is 7.05 Å². The van der Waals surface area contributed by atoms with E-state index in [-0.39, 0.29) is 0 Å². The highest BCUT2D eigenvalue weighted by molar-refractivity contribution is 5.19. The molecule has 2 nitrogen and oxygen atoms in total. The summed E-state index contributed by atoms with van der Waals surface area (Å²) >= 11 is 0. The van der Waals surface area contributed by atoms with Gasteiger partial charge in [0.2, 0.25) is 0 Å². The van der Waals surface area contributed by atoms with Gasteiger partial charge in [0, 0.05) is 31.8 Å². The molecule has 0 bridgehead atoms. The van der Waals surface area contributed by atoms with E-state index in [1.807, 2.05) is 20.0 Å². The maximum absolute atomic E-state index is 3.09. The second-order valence-electron chi connectivity index (χ2n) is 3.93. The summed E-state index contributed by atoms with van der Waals surface area (Å²) in [6, 6.07) is 4.33. The summed E-state index contributed by atoms with van der Waals surface area (Å²) in [6.45, 7) is 6.27. The zero-order valence-electron chi connectivity index (χ0n) is 10.7. The summed E-state index contributed by atoms with van der Waals surface area (Å²) in [7, 11) is 2.06. The fraction of sp³-hybridized carbons (Fsp3) is 0.429. The number of aromatic nitrogens is 2. The molecule has 0 aliphatic carbocycles. The predicted molar refractivity (Wildman–Crippen MR) is 69.7 cm³/mol. The number of nitrogens with zero attached hydrogens (tertiary/aromatic N) is 1. The Hall–Kier alpha value is -1.44. The first kappa shape index (κ1) is 12.6. The fourth-order valence-electron chi connectivity index (χ4n) is 1.77. The lowest BCUT2D eigenvalue weighted by Gasteiger charge is -2.07. The van der Waals surface area contributed by atoms with E-state index < -0.39 is 0 Å². The van der Waals surface area contributed by atoms with Crippen LogP contribution in [0, 0.1) is 0 Å². The third kappa shape index (κ3) is 3.30. The summed E-state index contributed by atoms with van der Waals surface area (Å²) in [6.07, 6.45) is 9.44. The van der Waals surface area contributed by atoms with Crippen LogP contribution in [0.1, 0.15) is 37.8 Å². The standard InChI is InChI=1S/C12H16N2.C2H6/c1-10(7-11-3-5-13-8-11)12-4-6-14(2)9-12;1-2/h3-6,8-10,13H,7H2,1-2H3;1-2H3. The molecule has 0 saturated carbocycles. The summed E-state index contributed by atoms with van der Waals surface area (Å²) in [5.74, 6) is 0.590. The molecule has 0 aliphatic heterocycles. The number of hydrogen-bond acceptors (Lipinski definition) is 0. The van der Waals surface area contributed by atoms with E-state index in [1.54, 1.807) is 0 Å². The summed E-state index contributed by atoms with van der Waals surface area (Å²) in [5, 5.41) is 0. The van der Waals surface area contributed by atoms with Crippen molar-refractivity contribution in [1.82, 2.24) is 9.55 Å². The van der Waals surface area contributed by atoms with Gasteiger partial charge in [-0.25, -0.2) is 0 Å². The predicted octanol–water partition coefficient (Wildman–Crippen LogP) is 3.73. The van der Waals surface area contributed by atoms with Crippen LogP contribution >= 0.6 is 0 Å². The van der Waals surface area contributed by atoms with Gasteiger partial charge in [-0.1, -0.05) is 20.8 Å². The zero-order chi connectivity index (χ0) is 12.0. The molecule has 1 N–H and O–H groups in total. The second kappa shape index (κ2) is 6.21. The number of hydrogen-bond donors (Lipinski definition) is 1. The van der Waals surface area contributed by atoms with Gasteiger partial charge in [-0.15, -0.1) is 0 Å². The fourth-order valence-corrected chi connectivity index (χ4v) is 1.77. The topological polar surface area (TPSA) is 20.7 Å². The van der Waals surface area contributed by atoms with Crippen LogP contribution in [0.15, 0.2) is 36.9 Å². The first-order valence-corrected chi connectivity index (χ1v) is 5.99. The maximum atomic E-state index is 3.09. The number of aromatic amines is 1. The summed E-state index contributed by atoms with van der Waals surface area (Å²) in [4.78, 5) is 3.09. The molecule has 0 aromatic carbocycles. The van der Waals surface area contributed by atoms with Crippen LogP contribution in [-0.2, 0) is 13.5 Å². The highest BCUT2D eigenvalue weighted by atomic mass is 14.9. The van der Waals surface area contributed by atoms with Gasteiger partial charge < -0.3 is 9.55 Å². The molecule has 2 heteroatoms. The van der Waals surface area contributed by atoms with E-state index in [1.165, 1.54) is 11.1 Å². The van der Waals surface area contributed by atoms with Gasteiger partial charge in [-0.05, 0) is 35.6 Å². The smallest absolute Gasteiger partial charge is 0.0106 e. The molecule has 2 aromatic rings. The lowest BCUT2D eigenvalue weighted by molar-refractivity contribution is 0.755. The Morgan fingerprint density at radius 2 is 2.06 bits per heavy atom.